The lowest BCUT2D eigenvalue weighted by Gasteiger charge is -2.64. The molecule has 6 rings (SSSR count). The highest BCUT2D eigenvalue weighted by molar-refractivity contribution is 5.90. The second kappa shape index (κ2) is 8.85. The van der Waals surface area contributed by atoms with Gasteiger partial charge in [-0.25, -0.2) is 4.79 Å². The van der Waals surface area contributed by atoms with Crippen LogP contribution in [0.2, 0.25) is 0 Å². The summed E-state index contributed by atoms with van der Waals surface area (Å²) in [5.74, 6) is -1.72. The fourth-order valence-electron chi connectivity index (χ4n) is 10.2. The maximum Gasteiger partial charge on any atom is 0.334 e. The SMILES string of the molecule is CO[C@H]1CC(=O)[C@]2(C)[C@H]3CC[C@]4(COC(C)=O)[C@](O)([C@@](C)(O)[C@H]5CC(C)=C(C)C(=O)O5)CC[C@@]4(O)[C@@H]3C[C@H]3O[C@]32C1. The zero-order valence-electron chi connectivity index (χ0n) is 25.0. The van der Waals surface area contributed by atoms with Gasteiger partial charge in [-0.15, -0.1) is 0 Å². The molecular weight excluding hydrogens is 532 g/mol. The van der Waals surface area contributed by atoms with Gasteiger partial charge in [-0.2, -0.15) is 0 Å². The molecular formula is C31H44O10. The number of esters is 2. The first-order chi connectivity index (χ1) is 19.0. The van der Waals surface area contributed by atoms with Gasteiger partial charge in [0.2, 0.25) is 0 Å². The van der Waals surface area contributed by atoms with Crippen molar-refractivity contribution in [3.63, 3.8) is 0 Å². The summed E-state index contributed by atoms with van der Waals surface area (Å²) < 4.78 is 23.2. The molecule has 10 heteroatoms. The van der Waals surface area contributed by atoms with Gasteiger partial charge >= 0.3 is 11.9 Å². The third kappa shape index (κ3) is 3.40. The van der Waals surface area contributed by atoms with E-state index in [0.29, 0.717) is 24.8 Å². The molecule has 6 aliphatic rings. The predicted octanol–water partition coefficient (Wildman–Crippen LogP) is 2.15. The van der Waals surface area contributed by atoms with E-state index in [1.165, 1.54) is 13.8 Å². The number of ether oxygens (including phenoxy) is 4. The minimum atomic E-state index is -1.98. The van der Waals surface area contributed by atoms with Gasteiger partial charge in [0.05, 0.1) is 28.6 Å². The molecule has 11 atom stereocenters. The Morgan fingerprint density at radius 3 is 2.46 bits per heavy atom. The van der Waals surface area contributed by atoms with Crippen LogP contribution in [-0.2, 0) is 33.3 Å². The van der Waals surface area contributed by atoms with E-state index in [1.54, 1.807) is 21.0 Å². The van der Waals surface area contributed by atoms with Crippen molar-refractivity contribution in [3.05, 3.63) is 11.1 Å². The molecule has 0 amide bonds. The number of carbonyl (C=O) groups excluding carboxylic acids is 3. The fraction of sp³-hybridized carbons (Fsp3) is 0.839. The maximum atomic E-state index is 13.8. The molecule has 0 aromatic rings. The number of rotatable bonds is 5. The van der Waals surface area contributed by atoms with Crippen LogP contribution in [0.1, 0.15) is 86.0 Å². The highest BCUT2D eigenvalue weighted by Crippen LogP contribution is 2.75. The first-order valence-corrected chi connectivity index (χ1v) is 15.0. The second-order valence-electron chi connectivity index (χ2n) is 14.2. The minimum absolute atomic E-state index is 0.00382. The van der Waals surface area contributed by atoms with Gasteiger partial charge < -0.3 is 34.3 Å². The average molecular weight is 577 g/mol. The third-order valence-electron chi connectivity index (χ3n) is 12.9. The zero-order valence-corrected chi connectivity index (χ0v) is 25.0. The van der Waals surface area contributed by atoms with Crippen molar-refractivity contribution in [3.8, 4) is 0 Å². The number of cyclic esters (lactones) is 1. The summed E-state index contributed by atoms with van der Waals surface area (Å²) in [5, 5.41) is 37.8. The van der Waals surface area contributed by atoms with Gasteiger partial charge in [0.1, 0.15) is 35.3 Å². The number of hydrogen-bond acceptors (Lipinski definition) is 10. The van der Waals surface area contributed by atoms with E-state index in [9.17, 15) is 29.7 Å². The number of hydrogen-bond donors (Lipinski definition) is 3. The molecule has 0 unspecified atom stereocenters. The first kappa shape index (κ1) is 29.2. The monoisotopic (exact) mass is 576 g/mol. The molecule has 4 aliphatic carbocycles. The topological polar surface area (TPSA) is 152 Å². The van der Waals surface area contributed by atoms with Crippen molar-refractivity contribution < 1.29 is 48.7 Å². The lowest BCUT2D eigenvalue weighted by Crippen LogP contribution is -2.75. The molecule has 3 N–H and O–H groups in total. The Bertz CT molecular complexity index is 1230. The quantitative estimate of drug-likeness (QED) is 0.328. The number of ketones is 1. The molecule has 228 valence electrons. The number of carbonyl (C=O) groups is 3. The lowest BCUT2D eigenvalue weighted by molar-refractivity contribution is -0.297. The van der Waals surface area contributed by atoms with Crippen LogP contribution in [0.15, 0.2) is 11.1 Å². The van der Waals surface area contributed by atoms with Crippen molar-refractivity contribution in [2.24, 2.45) is 22.7 Å². The maximum absolute atomic E-state index is 13.8. The third-order valence-corrected chi connectivity index (χ3v) is 12.9. The van der Waals surface area contributed by atoms with Gasteiger partial charge in [0.15, 0.2) is 0 Å². The number of aliphatic hydroxyl groups is 3. The second-order valence-corrected chi connectivity index (χ2v) is 14.2. The predicted molar refractivity (Wildman–Crippen MR) is 143 cm³/mol. The molecule has 2 aliphatic heterocycles. The van der Waals surface area contributed by atoms with Crippen molar-refractivity contribution >= 4 is 17.7 Å². The average Bonchev–Trinajstić information content (AvgIpc) is 3.56. The molecule has 0 aromatic heterocycles. The minimum Gasteiger partial charge on any atom is -0.465 e. The Balaban J connectivity index is 1.42. The zero-order chi connectivity index (χ0) is 30.0. The highest BCUT2D eigenvalue weighted by atomic mass is 16.6. The van der Waals surface area contributed by atoms with Crippen LogP contribution in [-0.4, -0.2) is 87.5 Å². The van der Waals surface area contributed by atoms with E-state index in [0.717, 1.165) is 5.57 Å². The summed E-state index contributed by atoms with van der Waals surface area (Å²) in [6.07, 6.45) is 0.900. The number of epoxide rings is 1. The van der Waals surface area contributed by atoms with Crippen molar-refractivity contribution in [1.29, 1.82) is 0 Å². The molecule has 2 heterocycles. The summed E-state index contributed by atoms with van der Waals surface area (Å²) in [7, 11) is 1.61. The molecule has 0 radical (unpaired) electrons. The van der Waals surface area contributed by atoms with E-state index < -0.39 is 57.2 Å². The lowest BCUT2D eigenvalue weighted by atomic mass is 9.41. The number of methoxy groups -OCH3 is 1. The number of Topliss-reactive ketones (excluding diaryl/α,β-unsaturated/α-hetero) is 1. The van der Waals surface area contributed by atoms with E-state index in [2.05, 4.69) is 0 Å². The van der Waals surface area contributed by atoms with Crippen LogP contribution >= 0.6 is 0 Å². The molecule has 0 aromatic carbocycles. The first-order valence-electron chi connectivity index (χ1n) is 15.0. The van der Waals surface area contributed by atoms with Crippen molar-refractivity contribution in [1.82, 2.24) is 0 Å². The van der Waals surface area contributed by atoms with Crippen LogP contribution in [0, 0.1) is 22.7 Å². The van der Waals surface area contributed by atoms with Crippen LogP contribution < -0.4 is 0 Å². The summed E-state index contributed by atoms with van der Waals surface area (Å²) in [6.45, 7) is 7.86. The van der Waals surface area contributed by atoms with Crippen molar-refractivity contribution in [2.75, 3.05) is 13.7 Å². The Labute approximate surface area is 240 Å². The molecule has 41 heavy (non-hydrogen) atoms. The van der Waals surface area contributed by atoms with Crippen LogP contribution in [0.5, 0.6) is 0 Å². The van der Waals surface area contributed by atoms with Crippen LogP contribution in [0.25, 0.3) is 0 Å². The molecule has 1 spiro atoms. The van der Waals surface area contributed by atoms with Gasteiger partial charge in [-0.1, -0.05) is 5.57 Å². The molecule has 5 fully saturated rings. The van der Waals surface area contributed by atoms with Gasteiger partial charge in [-0.3, -0.25) is 9.59 Å². The Kier molecular flexibility index (Phi) is 6.31. The Morgan fingerprint density at radius 1 is 1.12 bits per heavy atom. The smallest absolute Gasteiger partial charge is 0.334 e. The van der Waals surface area contributed by atoms with E-state index >= 15 is 0 Å². The summed E-state index contributed by atoms with van der Waals surface area (Å²) in [5.41, 5.74) is -7.23. The Morgan fingerprint density at radius 2 is 1.83 bits per heavy atom. The fourth-order valence-corrected chi connectivity index (χ4v) is 10.2. The molecule has 4 saturated carbocycles. The summed E-state index contributed by atoms with van der Waals surface area (Å²) >= 11 is 0. The normalized spacial score (nSPS) is 50.1. The largest absolute Gasteiger partial charge is 0.465 e. The molecule has 10 nitrogen and oxygen atoms in total. The summed E-state index contributed by atoms with van der Waals surface area (Å²) in [6, 6.07) is 0. The van der Waals surface area contributed by atoms with Gasteiger partial charge in [0, 0.05) is 38.9 Å². The van der Waals surface area contributed by atoms with Gasteiger partial charge in [0.25, 0.3) is 0 Å². The molecule has 1 saturated heterocycles. The Hall–Kier alpha value is -1.85. The van der Waals surface area contributed by atoms with E-state index in [4.69, 9.17) is 18.9 Å². The van der Waals surface area contributed by atoms with Crippen LogP contribution in [0.4, 0.5) is 0 Å². The van der Waals surface area contributed by atoms with Gasteiger partial charge in [-0.05, 0) is 71.6 Å². The van der Waals surface area contributed by atoms with E-state index in [1.807, 2.05) is 6.92 Å². The highest BCUT2D eigenvalue weighted by Gasteiger charge is 2.84. The molecule has 0 bridgehead atoms. The van der Waals surface area contributed by atoms with Crippen molar-refractivity contribution in [2.45, 2.75) is 127 Å². The standard InChI is InChI=1S/C31H44O10/c1-16-11-23(40-25(34)17(16)2)27(5,35)31(37)10-9-29(36)21-13-24-30(41-24)14-19(38-6)12-22(33)26(30,4)20(21)7-8-28(29,31)15-39-18(3)32/h19-21,23-24,35-37H,7-15H2,1-6H3/t19-,20-,21+,23+,24+,26-,27-,28+,29+,30+,31+/m0/s1. The van der Waals surface area contributed by atoms with Crippen LogP contribution in [0.3, 0.4) is 0 Å². The van der Waals surface area contributed by atoms with E-state index in [-0.39, 0.29) is 62.6 Å². The number of fused-ring (bicyclic) bond motifs is 4. The summed E-state index contributed by atoms with van der Waals surface area (Å²) in [4.78, 5) is 38.6.